The van der Waals surface area contributed by atoms with Crippen molar-refractivity contribution in [3.8, 4) is 6.07 Å². The molecule has 0 unspecified atom stereocenters. The molecule has 0 amide bonds. The highest BCUT2D eigenvalue weighted by atomic mass is 14.9. The van der Waals surface area contributed by atoms with Gasteiger partial charge in [0.15, 0.2) is 0 Å². The van der Waals surface area contributed by atoms with E-state index in [9.17, 15) is 0 Å². The van der Waals surface area contributed by atoms with Crippen LogP contribution in [0.1, 0.15) is 11.3 Å². The fourth-order valence-corrected chi connectivity index (χ4v) is 1.46. The molecule has 0 spiro atoms. The van der Waals surface area contributed by atoms with Crippen molar-refractivity contribution in [3.63, 3.8) is 0 Å². The third-order valence-electron chi connectivity index (χ3n) is 2.31. The van der Waals surface area contributed by atoms with E-state index in [0.29, 0.717) is 17.8 Å². The van der Waals surface area contributed by atoms with E-state index < -0.39 is 0 Å². The molecule has 4 nitrogen and oxygen atoms in total. The number of rotatable bonds is 3. The van der Waals surface area contributed by atoms with Gasteiger partial charge in [0.25, 0.3) is 0 Å². The lowest BCUT2D eigenvalue weighted by Gasteiger charge is -2.08. The fraction of sp³-hybridized carbons (Fsp3) is 0.0833. The molecule has 0 fully saturated rings. The van der Waals surface area contributed by atoms with Gasteiger partial charge >= 0.3 is 0 Å². The fourth-order valence-electron chi connectivity index (χ4n) is 1.46. The van der Waals surface area contributed by atoms with Gasteiger partial charge < -0.3 is 16.0 Å². The lowest BCUT2D eigenvalue weighted by Crippen LogP contribution is -2.02. The van der Waals surface area contributed by atoms with Crippen molar-refractivity contribution in [1.29, 1.82) is 5.26 Å². The van der Waals surface area contributed by atoms with Crippen LogP contribution in [0.15, 0.2) is 36.5 Å². The number of aromatic amines is 1. The van der Waals surface area contributed by atoms with Crippen LogP contribution < -0.4 is 11.1 Å². The summed E-state index contributed by atoms with van der Waals surface area (Å²) < 4.78 is 0. The maximum absolute atomic E-state index is 8.70. The van der Waals surface area contributed by atoms with E-state index in [1.165, 1.54) is 0 Å². The average molecular weight is 212 g/mol. The molecule has 0 radical (unpaired) electrons. The Morgan fingerprint density at radius 2 is 2.25 bits per heavy atom. The van der Waals surface area contributed by atoms with Gasteiger partial charge in [0.1, 0.15) is 0 Å². The lowest BCUT2D eigenvalue weighted by molar-refractivity contribution is 1.07. The van der Waals surface area contributed by atoms with Crippen molar-refractivity contribution in [2.45, 2.75) is 6.54 Å². The summed E-state index contributed by atoms with van der Waals surface area (Å²) in [5.41, 5.74) is 8.90. The average Bonchev–Trinajstić information content (AvgIpc) is 2.80. The minimum Gasteiger partial charge on any atom is -0.397 e. The molecule has 0 aliphatic heterocycles. The van der Waals surface area contributed by atoms with E-state index in [1.807, 2.05) is 24.4 Å². The summed E-state index contributed by atoms with van der Waals surface area (Å²) in [4.78, 5) is 3.09. The van der Waals surface area contributed by atoms with Crippen LogP contribution in [0.5, 0.6) is 0 Å². The molecule has 1 aromatic heterocycles. The molecule has 4 heteroatoms. The topological polar surface area (TPSA) is 77.6 Å². The molecule has 4 N–H and O–H groups in total. The number of hydrogen-bond donors (Lipinski definition) is 3. The third-order valence-corrected chi connectivity index (χ3v) is 2.31. The highest BCUT2D eigenvalue weighted by molar-refractivity contribution is 5.68. The van der Waals surface area contributed by atoms with Crippen LogP contribution in [0.3, 0.4) is 0 Å². The monoisotopic (exact) mass is 212 g/mol. The number of nitrogens with two attached hydrogens (primary N) is 1. The Balaban J connectivity index is 2.08. The van der Waals surface area contributed by atoms with Crippen LogP contribution in [0.2, 0.25) is 0 Å². The van der Waals surface area contributed by atoms with Crippen LogP contribution >= 0.6 is 0 Å². The number of nitrogens with one attached hydrogen (secondary N) is 2. The molecule has 2 rings (SSSR count). The Kier molecular flexibility index (Phi) is 2.79. The van der Waals surface area contributed by atoms with Gasteiger partial charge in [-0.3, -0.25) is 0 Å². The Morgan fingerprint density at radius 1 is 1.38 bits per heavy atom. The number of nitrogens with zero attached hydrogens (tertiary/aromatic N) is 1. The Morgan fingerprint density at radius 3 is 2.88 bits per heavy atom. The van der Waals surface area contributed by atoms with Crippen molar-refractivity contribution in [1.82, 2.24) is 4.98 Å². The van der Waals surface area contributed by atoms with E-state index in [0.717, 1.165) is 11.4 Å². The normalized spacial score (nSPS) is 9.69. The molecular weight excluding hydrogens is 200 g/mol. The maximum atomic E-state index is 8.70. The van der Waals surface area contributed by atoms with Gasteiger partial charge in [-0.15, -0.1) is 0 Å². The summed E-state index contributed by atoms with van der Waals surface area (Å²) in [7, 11) is 0. The van der Waals surface area contributed by atoms with E-state index in [-0.39, 0.29) is 0 Å². The van der Waals surface area contributed by atoms with Crippen LogP contribution in [0, 0.1) is 11.3 Å². The standard InChI is InChI=1S/C12H12N4/c13-7-9-3-4-12(11(14)6-9)16-8-10-2-1-5-15-10/h1-6,15-16H,8,14H2. The molecule has 1 heterocycles. The zero-order valence-corrected chi connectivity index (χ0v) is 8.70. The second-order valence-electron chi connectivity index (χ2n) is 3.46. The molecule has 80 valence electrons. The Bertz CT molecular complexity index is 508. The van der Waals surface area contributed by atoms with Crippen LogP contribution in [0.4, 0.5) is 11.4 Å². The summed E-state index contributed by atoms with van der Waals surface area (Å²) >= 11 is 0. The molecule has 0 atom stereocenters. The number of nitrogen functional groups attached to an aromatic ring is 1. The number of nitriles is 1. The largest absolute Gasteiger partial charge is 0.397 e. The molecule has 2 aromatic rings. The number of aromatic nitrogens is 1. The van der Waals surface area contributed by atoms with Gasteiger partial charge in [0.05, 0.1) is 29.6 Å². The minimum atomic E-state index is 0.572. The quantitative estimate of drug-likeness (QED) is 0.681. The predicted molar refractivity (Wildman–Crippen MR) is 63.7 cm³/mol. The first-order valence-electron chi connectivity index (χ1n) is 4.95. The predicted octanol–water partition coefficient (Wildman–Crippen LogP) is 2.08. The summed E-state index contributed by atoms with van der Waals surface area (Å²) in [6.45, 7) is 0.684. The molecule has 0 aliphatic carbocycles. The van der Waals surface area contributed by atoms with E-state index in [1.54, 1.807) is 12.1 Å². The van der Waals surface area contributed by atoms with Crippen molar-refractivity contribution >= 4 is 11.4 Å². The number of hydrogen-bond acceptors (Lipinski definition) is 3. The van der Waals surface area contributed by atoms with Gasteiger partial charge in [-0.1, -0.05) is 0 Å². The molecule has 0 bridgehead atoms. The highest BCUT2D eigenvalue weighted by Crippen LogP contribution is 2.19. The summed E-state index contributed by atoms with van der Waals surface area (Å²) in [6.07, 6.45) is 1.87. The van der Waals surface area contributed by atoms with Crippen molar-refractivity contribution in [2.24, 2.45) is 0 Å². The Hall–Kier alpha value is -2.41. The zero-order valence-electron chi connectivity index (χ0n) is 8.70. The number of benzene rings is 1. The second-order valence-corrected chi connectivity index (χ2v) is 3.46. The highest BCUT2D eigenvalue weighted by Gasteiger charge is 2.00. The second kappa shape index (κ2) is 4.41. The number of H-pyrrole nitrogens is 1. The van der Waals surface area contributed by atoms with E-state index >= 15 is 0 Å². The lowest BCUT2D eigenvalue weighted by atomic mass is 10.2. The molecule has 0 saturated heterocycles. The van der Waals surface area contributed by atoms with Crippen LogP contribution in [-0.4, -0.2) is 4.98 Å². The zero-order chi connectivity index (χ0) is 11.4. The van der Waals surface area contributed by atoms with Gasteiger partial charge in [0, 0.05) is 11.9 Å². The first-order chi connectivity index (χ1) is 7.79. The van der Waals surface area contributed by atoms with Gasteiger partial charge in [-0.2, -0.15) is 5.26 Å². The van der Waals surface area contributed by atoms with Crippen molar-refractivity contribution in [3.05, 3.63) is 47.8 Å². The van der Waals surface area contributed by atoms with Crippen molar-refractivity contribution in [2.75, 3.05) is 11.1 Å². The summed E-state index contributed by atoms with van der Waals surface area (Å²) in [5.74, 6) is 0. The first-order valence-corrected chi connectivity index (χ1v) is 4.95. The maximum Gasteiger partial charge on any atom is 0.0992 e. The number of anilines is 2. The molecule has 16 heavy (non-hydrogen) atoms. The van der Waals surface area contributed by atoms with Crippen LogP contribution in [-0.2, 0) is 6.54 Å². The van der Waals surface area contributed by atoms with E-state index in [2.05, 4.69) is 16.4 Å². The van der Waals surface area contributed by atoms with Gasteiger partial charge in [-0.05, 0) is 30.3 Å². The van der Waals surface area contributed by atoms with Crippen molar-refractivity contribution < 1.29 is 0 Å². The van der Waals surface area contributed by atoms with Gasteiger partial charge in [-0.25, -0.2) is 0 Å². The summed E-state index contributed by atoms with van der Waals surface area (Å²) in [6, 6.07) is 11.2. The molecule has 1 aromatic carbocycles. The molecular formula is C12H12N4. The summed E-state index contributed by atoms with van der Waals surface area (Å²) in [5, 5.41) is 11.9. The molecule has 0 aliphatic rings. The van der Waals surface area contributed by atoms with Gasteiger partial charge in [0.2, 0.25) is 0 Å². The third kappa shape index (κ3) is 2.15. The first kappa shape index (κ1) is 10.1. The minimum absolute atomic E-state index is 0.572. The Labute approximate surface area is 93.7 Å². The molecule has 0 saturated carbocycles. The SMILES string of the molecule is N#Cc1ccc(NCc2ccc[nH]2)c(N)c1. The smallest absolute Gasteiger partial charge is 0.0992 e. The van der Waals surface area contributed by atoms with E-state index in [4.69, 9.17) is 11.0 Å². The van der Waals surface area contributed by atoms with Crippen LogP contribution in [0.25, 0.3) is 0 Å².